The second kappa shape index (κ2) is 9.23. The minimum absolute atomic E-state index is 0.000849. The number of nitriles is 1. The highest BCUT2D eigenvalue weighted by atomic mass is 16.5. The van der Waals surface area contributed by atoms with Crippen LogP contribution in [-0.4, -0.2) is 18.4 Å². The highest BCUT2D eigenvalue weighted by molar-refractivity contribution is 5.96. The molecule has 32 heavy (non-hydrogen) atoms. The van der Waals surface area contributed by atoms with Crippen LogP contribution in [-0.2, 0) is 11.4 Å². The minimum atomic E-state index is -0.293. The van der Waals surface area contributed by atoms with Gasteiger partial charge in [-0.1, -0.05) is 30.3 Å². The van der Waals surface area contributed by atoms with Gasteiger partial charge in [-0.25, -0.2) is 0 Å². The molecule has 0 radical (unpaired) electrons. The third kappa shape index (κ3) is 4.71. The van der Waals surface area contributed by atoms with Crippen LogP contribution in [0.1, 0.15) is 40.0 Å². The molecule has 3 aromatic rings. The molecular weight excluding hydrogens is 406 g/mol. The van der Waals surface area contributed by atoms with Crippen LogP contribution < -0.4 is 20.1 Å². The van der Waals surface area contributed by atoms with Gasteiger partial charge >= 0.3 is 0 Å². The summed E-state index contributed by atoms with van der Waals surface area (Å²) in [5.74, 6) is 0.681. The molecule has 7 nitrogen and oxygen atoms in total. The van der Waals surface area contributed by atoms with Crippen LogP contribution in [0.4, 0.5) is 5.69 Å². The predicted molar refractivity (Wildman–Crippen MR) is 118 cm³/mol. The molecule has 1 heterocycles. The van der Waals surface area contributed by atoms with Gasteiger partial charge in [0.05, 0.1) is 23.4 Å². The summed E-state index contributed by atoms with van der Waals surface area (Å²) in [6, 6.07) is 21.4. The van der Waals surface area contributed by atoms with E-state index >= 15 is 0 Å². The lowest BCUT2D eigenvalue weighted by Gasteiger charge is -2.21. The van der Waals surface area contributed by atoms with Crippen molar-refractivity contribution in [3.8, 4) is 17.6 Å². The second-order valence-electron chi connectivity index (χ2n) is 7.37. The number of nitrogens with zero attached hydrogens (tertiary/aromatic N) is 1. The van der Waals surface area contributed by atoms with E-state index in [-0.39, 0.29) is 31.1 Å². The van der Waals surface area contributed by atoms with E-state index in [2.05, 4.69) is 16.7 Å². The molecule has 0 spiro atoms. The van der Waals surface area contributed by atoms with E-state index in [1.54, 1.807) is 48.5 Å². The summed E-state index contributed by atoms with van der Waals surface area (Å²) in [4.78, 5) is 24.3. The van der Waals surface area contributed by atoms with Crippen molar-refractivity contribution in [3.05, 3.63) is 89.0 Å². The number of fused-ring (bicyclic) bond motifs is 1. The van der Waals surface area contributed by atoms with Gasteiger partial charge in [-0.2, -0.15) is 5.26 Å². The number of carbonyl (C=O) groups excluding carboxylic acids is 2. The fraction of sp³-hybridized carbons (Fsp3) is 0.160. The molecule has 160 valence electrons. The molecule has 0 fully saturated rings. The van der Waals surface area contributed by atoms with Crippen molar-refractivity contribution >= 4 is 17.5 Å². The van der Waals surface area contributed by atoms with E-state index in [0.29, 0.717) is 28.3 Å². The minimum Gasteiger partial charge on any atom is -0.489 e. The van der Waals surface area contributed by atoms with Gasteiger partial charge in [0.2, 0.25) is 0 Å². The van der Waals surface area contributed by atoms with Crippen LogP contribution in [0.25, 0.3) is 0 Å². The number of amides is 2. The third-order valence-corrected chi connectivity index (χ3v) is 5.11. The first-order valence-electron chi connectivity index (χ1n) is 10.1. The molecule has 7 heteroatoms. The Morgan fingerprint density at radius 1 is 1.19 bits per heavy atom. The molecule has 0 saturated carbocycles. The molecule has 4 rings (SSSR count). The monoisotopic (exact) mass is 427 g/mol. The second-order valence-corrected chi connectivity index (χ2v) is 7.37. The molecule has 1 unspecified atom stereocenters. The van der Waals surface area contributed by atoms with Gasteiger partial charge in [0, 0.05) is 11.1 Å². The molecule has 0 aliphatic carbocycles. The number of rotatable bonds is 6. The summed E-state index contributed by atoms with van der Waals surface area (Å²) in [6.45, 7) is 2.09. The van der Waals surface area contributed by atoms with Gasteiger partial charge in [0.1, 0.15) is 18.1 Å². The van der Waals surface area contributed by atoms with Gasteiger partial charge < -0.3 is 20.1 Å². The molecule has 0 aromatic heterocycles. The van der Waals surface area contributed by atoms with E-state index in [4.69, 9.17) is 9.47 Å². The average Bonchev–Trinajstić information content (AvgIpc) is 2.82. The van der Waals surface area contributed by atoms with Crippen LogP contribution in [0, 0.1) is 11.3 Å². The lowest BCUT2D eigenvalue weighted by Crippen LogP contribution is -2.28. The van der Waals surface area contributed by atoms with E-state index in [1.165, 1.54) is 0 Å². The highest BCUT2D eigenvalue weighted by Gasteiger charge is 2.18. The maximum absolute atomic E-state index is 12.8. The van der Waals surface area contributed by atoms with Crippen LogP contribution in [0.2, 0.25) is 0 Å². The standard InChI is InChI=1S/C25H21N3O4/c1-16(17-9-10-23-22(12-17)28-24(29)15-32-23)27-25(30)18-7-4-8-21(11-18)31-14-20-6-3-2-5-19(20)13-26/h2-12,16H,14-15H2,1H3,(H,27,30)(H,28,29). The summed E-state index contributed by atoms with van der Waals surface area (Å²) in [5.41, 5.74) is 3.22. The summed E-state index contributed by atoms with van der Waals surface area (Å²) < 4.78 is 11.2. The first-order chi connectivity index (χ1) is 15.5. The highest BCUT2D eigenvalue weighted by Crippen LogP contribution is 2.30. The zero-order valence-corrected chi connectivity index (χ0v) is 17.4. The lowest BCUT2D eigenvalue weighted by atomic mass is 10.1. The lowest BCUT2D eigenvalue weighted by molar-refractivity contribution is -0.118. The SMILES string of the molecule is CC(NC(=O)c1cccc(OCc2ccccc2C#N)c1)c1ccc2c(c1)NC(=O)CO2. The van der Waals surface area contributed by atoms with Gasteiger partial charge in [0.15, 0.2) is 6.61 Å². The number of anilines is 1. The zero-order valence-electron chi connectivity index (χ0n) is 17.4. The number of benzene rings is 3. The molecule has 1 atom stereocenters. The third-order valence-electron chi connectivity index (χ3n) is 5.11. The Hall–Kier alpha value is -4.31. The molecule has 3 aromatic carbocycles. The molecular formula is C25H21N3O4. The van der Waals surface area contributed by atoms with Crippen molar-refractivity contribution in [1.29, 1.82) is 5.26 Å². The van der Waals surface area contributed by atoms with Crippen molar-refractivity contribution in [1.82, 2.24) is 5.32 Å². The van der Waals surface area contributed by atoms with Crippen molar-refractivity contribution in [2.75, 3.05) is 11.9 Å². The van der Waals surface area contributed by atoms with Crippen molar-refractivity contribution in [2.24, 2.45) is 0 Å². The molecule has 2 N–H and O–H groups in total. The van der Waals surface area contributed by atoms with Crippen molar-refractivity contribution < 1.29 is 19.1 Å². The first kappa shape index (κ1) is 20.9. The molecule has 0 bridgehead atoms. The van der Waals surface area contributed by atoms with Crippen molar-refractivity contribution in [3.63, 3.8) is 0 Å². The summed E-state index contributed by atoms with van der Waals surface area (Å²) >= 11 is 0. The van der Waals surface area contributed by atoms with Crippen molar-refractivity contribution in [2.45, 2.75) is 19.6 Å². The maximum Gasteiger partial charge on any atom is 0.262 e. The fourth-order valence-electron chi connectivity index (χ4n) is 3.38. The van der Waals surface area contributed by atoms with Crippen LogP contribution in [0.15, 0.2) is 66.7 Å². The largest absolute Gasteiger partial charge is 0.489 e. The summed E-state index contributed by atoms with van der Waals surface area (Å²) in [5, 5.41) is 14.9. The van der Waals surface area contributed by atoms with E-state index in [1.807, 2.05) is 25.1 Å². The molecule has 1 aliphatic rings. The Morgan fingerprint density at radius 3 is 2.88 bits per heavy atom. The molecule has 1 aliphatic heterocycles. The number of carbonyl (C=O) groups is 2. The Bertz CT molecular complexity index is 1220. The van der Waals surface area contributed by atoms with E-state index in [9.17, 15) is 14.9 Å². The van der Waals surface area contributed by atoms with E-state index < -0.39 is 0 Å². The number of hydrogen-bond donors (Lipinski definition) is 2. The van der Waals surface area contributed by atoms with Gasteiger partial charge in [-0.05, 0) is 48.9 Å². The molecule has 0 saturated heterocycles. The number of ether oxygens (including phenoxy) is 2. The topological polar surface area (TPSA) is 100 Å². The number of nitrogens with one attached hydrogen (secondary N) is 2. The summed E-state index contributed by atoms with van der Waals surface area (Å²) in [6.07, 6.45) is 0. The Morgan fingerprint density at radius 2 is 2.03 bits per heavy atom. The predicted octanol–water partition coefficient (Wildman–Crippen LogP) is 3.96. The molecule has 2 amide bonds. The van der Waals surface area contributed by atoms with Crippen LogP contribution in [0.3, 0.4) is 0 Å². The Kier molecular flexibility index (Phi) is 6.04. The van der Waals surface area contributed by atoms with Crippen LogP contribution in [0.5, 0.6) is 11.5 Å². The normalized spacial score (nSPS) is 13.1. The van der Waals surface area contributed by atoms with Gasteiger partial charge in [-0.15, -0.1) is 0 Å². The fourth-order valence-corrected chi connectivity index (χ4v) is 3.38. The Balaban J connectivity index is 1.42. The smallest absolute Gasteiger partial charge is 0.262 e. The zero-order chi connectivity index (χ0) is 22.5. The first-order valence-corrected chi connectivity index (χ1v) is 10.1. The number of hydrogen-bond acceptors (Lipinski definition) is 5. The quantitative estimate of drug-likeness (QED) is 0.620. The Labute approximate surface area is 185 Å². The summed E-state index contributed by atoms with van der Waals surface area (Å²) in [7, 11) is 0. The van der Waals surface area contributed by atoms with Crippen LogP contribution >= 0.6 is 0 Å². The van der Waals surface area contributed by atoms with E-state index in [0.717, 1.165) is 11.1 Å². The van der Waals surface area contributed by atoms with Gasteiger partial charge in [0.25, 0.3) is 11.8 Å². The van der Waals surface area contributed by atoms with Gasteiger partial charge in [-0.3, -0.25) is 9.59 Å². The maximum atomic E-state index is 12.8. The average molecular weight is 427 g/mol.